The van der Waals surface area contributed by atoms with Gasteiger partial charge >= 0.3 is 39.5 Å². The Morgan fingerprint density at radius 2 is 0.500 bits per heavy atom. The summed E-state index contributed by atoms with van der Waals surface area (Å²) in [5.74, 6) is -2.26. The minimum absolute atomic E-state index is 0.0284. The highest BCUT2D eigenvalue weighted by Gasteiger charge is 2.30. The van der Waals surface area contributed by atoms with E-state index in [9.17, 15) is 43.2 Å². The summed E-state index contributed by atoms with van der Waals surface area (Å²) < 4.78 is 68.5. The van der Waals surface area contributed by atoms with E-state index < -0.39 is 97.5 Å². The van der Waals surface area contributed by atoms with Gasteiger partial charge in [0, 0.05) is 25.7 Å². The number of carbonyl (C=O) groups is 4. The van der Waals surface area contributed by atoms with Crippen LogP contribution in [0.4, 0.5) is 0 Å². The number of esters is 4. The smallest absolute Gasteiger partial charge is 0.462 e. The minimum atomic E-state index is -5.00. The molecule has 0 saturated carbocycles. The van der Waals surface area contributed by atoms with Gasteiger partial charge in [-0.1, -0.05) is 305 Å². The number of unbranched alkanes of at least 4 members (excludes halogenated alkanes) is 37. The van der Waals surface area contributed by atoms with Crippen LogP contribution in [0, 0.1) is 0 Å². The normalized spacial score (nSPS) is 14.3. The molecule has 0 radical (unpaired) electrons. The van der Waals surface area contributed by atoms with Gasteiger partial charge in [0.05, 0.1) is 26.4 Å². The van der Waals surface area contributed by atoms with Crippen molar-refractivity contribution in [1.82, 2.24) is 0 Å². The molecule has 5 atom stereocenters. The first-order valence-corrected chi connectivity index (χ1v) is 43.8. The number of carbonyl (C=O) groups excluding carboxylic acids is 4. The molecular formula is C83H148O17P2. The van der Waals surface area contributed by atoms with Gasteiger partial charge in [0.25, 0.3) is 0 Å². The maximum Gasteiger partial charge on any atom is 0.472 e. The largest absolute Gasteiger partial charge is 0.472 e. The van der Waals surface area contributed by atoms with Crippen molar-refractivity contribution in [3.63, 3.8) is 0 Å². The van der Waals surface area contributed by atoms with Crippen molar-refractivity contribution in [2.75, 3.05) is 39.6 Å². The third-order valence-electron chi connectivity index (χ3n) is 17.3. The minimum Gasteiger partial charge on any atom is -0.462 e. The monoisotopic (exact) mass is 1480 g/mol. The lowest BCUT2D eigenvalue weighted by atomic mass is 10.0. The maximum atomic E-state index is 13.1. The van der Waals surface area contributed by atoms with Gasteiger partial charge in [0.15, 0.2) is 12.2 Å². The van der Waals surface area contributed by atoms with Gasteiger partial charge in [0.1, 0.15) is 19.3 Å². The molecule has 0 aliphatic carbocycles. The van der Waals surface area contributed by atoms with Crippen molar-refractivity contribution >= 4 is 39.5 Å². The SMILES string of the molecule is CCCCC/C=C\C/C=C\C/C=C\C/C=C\C/C=C\CCC(=O)O[C@H](COC(=O)CCCCCCC/C=C\CCCCCCCC)COP(=O)(O)OC[C@@H](O)COP(=O)(O)OC[C@@H](COC(=O)CCCCCCCCCCCCCCC)OC(=O)CCCCCCC/C=C\CCCCCCCC. The Bertz CT molecular complexity index is 2260. The zero-order valence-corrected chi connectivity index (χ0v) is 66.6. The molecule has 0 aromatic carbocycles. The molecule has 0 saturated heterocycles. The fraction of sp³-hybridized carbons (Fsp3) is 0.783. The molecule has 592 valence electrons. The summed E-state index contributed by atoms with van der Waals surface area (Å²) in [5, 5.41) is 10.6. The van der Waals surface area contributed by atoms with Gasteiger partial charge in [-0.25, -0.2) is 9.13 Å². The van der Waals surface area contributed by atoms with E-state index in [0.717, 1.165) is 122 Å². The van der Waals surface area contributed by atoms with Crippen molar-refractivity contribution in [3.8, 4) is 0 Å². The molecule has 19 heteroatoms. The molecule has 17 nitrogen and oxygen atoms in total. The third kappa shape index (κ3) is 74.5. The molecular weight excluding hydrogens is 1330 g/mol. The summed E-state index contributed by atoms with van der Waals surface area (Å²) in [6.07, 6.45) is 78.6. The van der Waals surface area contributed by atoms with Crippen LogP contribution < -0.4 is 0 Å². The van der Waals surface area contributed by atoms with Gasteiger partial charge in [0.2, 0.25) is 0 Å². The Kier molecular flexibility index (Phi) is 72.7. The summed E-state index contributed by atoms with van der Waals surface area (Å²) in [7, 11) is -9.97. The Morgan fingerprint density at radius 3 is 0.824 bits per heavy atom. The number of rotatable bonds is 77. The number of phosphoric ester groups is 2. The van der Waals surface area contributed by atoms with Gasteiger partial charge < -0.3 is 33.8 Å². The fourth-order valence-corrected chi connectivity index (χ4v) is 12.7. The predicted molar refractivity (Wildman–Crippen MR) is 418 cm³/mol. The topological polar surface area (TPSA) is 237 Å². The molecule has 102 heavy (non-hydrogen) atoms. The number of ether oxygens (including phenoxy) is 4. The van der Waals surface area contributed by atoms with Crippen molar-refractivity contribution in [2.45, 2.75) is 380 Å². The highest BCUT2D eigenvalue weighted by Crippen LogP contribution is 2.45. The van der Waals surface area contributed by atoms with Gasteiger partial charge in [-0.3, -0.25) is 37.3 Å². The van der Waals surface area contributed by atoms with Crippen molar-refractivity contribution in [1.29, 1.82) is 0 Å². The molecule has 0 rings (SSSR count). The number of aliphatic hydroxyl groups excluding tert-OH is 1. The zero-order chi connectivity index (χ0) is 74.6. The number of phosphoric acid groups is 2. The van der Waals surface area contributed by atoms with Crippen molar-refractivity contribution in [2.24, 2.45) is 0 Å². The van der Waals surface area contributed by atoms with Crippen LogP contribution >= 0.6 is 15.6 Å². The Labute approximate surface area is 621 Å². The standard InChI is InChI=1S/C83H148O17P2/c1-5-9-13-17-21-25-29-33-36-37-38-39-42-46-50-54-58-62-66-70-83(88)100-79(74-94-81(86)68-64-60-56-52-48-44-40-34-30-26-22-18-14-10-6-2)76-98-102(91,92)96-72-77(84)71-95-101(89,90)97-75-78(73-93-80(85)67-63-59-55-51-47-43-32-28-24-20-16-12-8-4)99-82(87)69-65-61-57-53-49-45-41-35-31-27-23-19-15-11-7-3/h21,25,33-36,38-41,46,50,58,62,77-79,84H,5-20,22-24,26-32,37,42-45,47-49,51-57,59-61,63-76H2,1-4H3,(H,89,90)(H,91,92)/b25-21-,36-33-,39-38-,40-34-,41-35-,50-46-,62-58-/t77-,78+,79+/m0/s1. The van der Waals surface area contributed by atoms with Crippen LogP contribution in [-0.2, 0) is 65.4 Å². The Balaban J connectivity index is 5.42. The number of aliphatic hydroxyl groups is 1. The lowest BCUT2D eigenvalue weighted by Crippen LogP contribution is -2.30. The highest BCUT2D eigenvalue weighted by atomic mass is 31.2. The zero-order valence-electron chi connectivity index (χ0n) is 64.8. The molecule has 0 aromatic heterocycles. The molecule has 0 amide bonds. The highest BCUT2D eigenvalue weighted by molar-refractivity contribution is 7.47. The number of hydrogen-bond acceptors (Lipinski definition) is 15. The molecule has 0 aliphatic heterocycles. The second-order valence-electron chi connectivity index (χ2n) is 27.4. The first kappa shape index (κ1) is 98.2. The van der Waals surface area contributed by atoms with E-state index in [1.807, 2.05) is 18.2 Å². The molecule has 0 bridgehead atoms. The molecule has 3 N–H and O–H groups in total. The predicted octanol–water partition coefficient (Wildman–Crippen LogP) is 23.8. The second kappa shape index (κ2) is 75.5. The Hall–Kier alpha value is -3.76. The molecule has 2 unspecified atom stereocenters. The van der Waals surface area contributed by atoms with Gasteiger partial charge in [-0.2, -0.15) is 0 Å². The Morgan fingerprint density at radius 1 is 0.275 bits per heavy atom. The van der Waals surface area contributed by atoms with E-state index >= 15 is 0 Å². The van der Waals surface area contributed by atoms with E-state index in [0.29, 0.717) is 32.1 Å². The first-order chi connectivity index (χ1) is 49.7. The van der Waals surface area contributed by atoms with Crippen molar-refractivity contribution in [3.05, 3.63) is 85.1 Å². The van der Waals surface area contributed by atoms with Crippen molar-refractivity contribution < 1.29 is 80.2 Å². The van der Waals surface area contributed by atoms with Crippen LogP contribution in [0.15, 0.2) is 85.1 Å². The molecule has 0 fully saturated rings. The first-order valence-electron chi connectivity index (χ1n) is 40.8. The second-order valence-corrected chi connectivity index (χ2v) is 30.3. The molecule has 0 aromatic rings. The van der Waals surface area contributed by atoms with Crippen LogP contribution in [0.2, 0.25) is 0 Å². The fourth-order valence-electron chi connectivity index (χ4n) is 11.1. The maximum absolute atomic E-state index is 13.1. The van der Waals surface area contributed by atoms with Gasteiger partial charge in [-0.15, -0.1) is 0 Å². The third-order valence-corrected chi connectivity index (χ3v) is 19.2. The molecule has 0 heterocycles. The summed E-state index contributed by atoms with van der Waals surface area (Å²) >= 11 is 0. The van der Waals surface area contributed by atoms with E-state index in [1.54, 1.807) is 0 Å². The summed E-state index contributed by atoms with van der Waals surface area (Å²) in [6, 6.07) is 0. The van der Waals surface area contributed by atoms with Crippen LogP contribution in [0.3, 0.4) is 0 Å². The average molecular weight is 1480 g/mol. The summed E-state index contributed by atoms with van der Waals surface area (Å²) in [6.45, 7) is 4.79. The number of allylic oxidation sites excluding steroid dienone is 14. The molecule has 0 aliphatic rings. The van der Waals surface area contributed by atoms with Crippen LogP contribution in [0.25, 0.3) is 0 Å². The van der Waals surface area contributed by atoms with Gasteiger partial charge in [-0.05, 0) is 116 Å². The van der Waals surface area contributed by atoms with E-state index in [1.165, 1.54) is 154 Å². The average Bonchev–Trinajstić information content (AvgIpc) is 1.21. The summed E-state index contributed by atoms with van der Waals surface area (Å²) in [5.41, 5.74) is 0. The van der Waals surface area contributed by atoms with E-state index in [4.69, 9.17) is 37.0 Å². The number of hydrogen-bond donors (Lipinski definition) is 3. The van der Waals surface area contributed by atoms with Crippen LogP contribution in [0.1, 0.15) is 362 Å². The lowest BCUT2D eigenvalue weighted by Gasteiger charge is -2.21. The lowest BCUT2D eigenvalue weighted by molar-refractivity contribution is -0.161. The van der Waals surface area contributed by atoms with Crippen LogP contribution in [-0.4, -0.2) is 96.7 Å². The quantitative estimate of drug-likeness (QED) is 0.0169. The van der Waals surface area contributed by atoms with E-state index in [2.05, 4.69) is 94.5 Å². The molecule has 0 spiro atoms. The van der Waals surface area contributed by atoms with E-state index in [-0.39, 0.29) is 25.7 Å². The van der Waals surface area contributed by atoms with Crippen LogP contribution in [0.5, 0.6) is 0 Å². The summed E-state index contributed by atoms with van der Waals surface area (Å²) in [4.78, 5) is 73.0.